The van der Waals surface area contributed by atoms with Crippen LogP contribution in [0.2, 0.25) is 0 Å². The molecular formula is C13H23NO3. The van der Waals surface area contributed by atoms with Gasteiger partial charge in [-0.05, 0) is 18.8 Å². The van der Waals surface area contributed by atoms with Crippen molar-refractivity contribution in [3.63, 3.8) is 0 Å². The average Bonchev–Trinajstić information content (AvgIpc) is 2.63. The predicted octanol–water partition coefficient (Wildman–Crippen LogP) is 2.77. The quantitative estimate of drug-likeness (QED) is 0.695. The molecule has 0 spiro atoms. The number of carbonyl (C=O) groups is 1. The molecule has 17 heavy (non-hydrogen) atoms. The number of nitrogens with zero attached hydrogens (tertiary/aromatic N) is 1. The average molecular weight is 241 g/mol. The monoisotopic (exact) mass is 241 g/mol. The van der Waals surface area contributed by atoms with Gasteiger partial charge in [-0.3, -0.25) is 0 Å². The highest BCUT2D eigenvalue weighted by molar-refractivity contribution is 5.94. The molecule has 0 aromatic heterocycles. The molecule has 1 aliphatic rings. The second-order valence-electron chi connectivity index (χ2n) is 5.32. The van der Waals surface area contributed by atoms with Crippen LogP contribution in [0.15, 0.2) is 5.16 Å². The molecule has 4 nitrogen and oxygen atoms in total. The van der Waals surface area contributed by atoms with Crippen molar-refractivity contribution in [3.05, 3.63) is 0 Å². The number of rotatable bonds is 5. The molecule has 0 N–H and O–H groups in total. The van der Waals surface area contributed by atoms with Crippen molar-refractivity contribution >= 4 is 11.7 Å². The van der Waals surface area contributed by atoms with E-state index in [0.29, 0.717) is 31.3 Å². The van der Waals surface area contributed by atoms with Crippen molar-refractivity contribution in [1.82, 2.24) is 0 Å². The summed E-state index contributed by atoms with van der Waals surface area (Å²) >= 11 is 0. The Morgan fingerprint density at radius 3 is 2.53 bits per heavy atom. The summed E-state index contributed by atoms with van der Waals surface area (Å²) < 4.78 is 5.12. The fraction of sp³-hybridized carbons (Fsp3) is 0.846. The van der Waals surface area contributed by atoms with E-state index in [2.05, 4.69) is 32.9 Å². The van der Waals surface area contributed by atoms with Gasteiger partial charge in [-0.1, -0.05) is 32.9 Å². The molecule has 0 radical (unpaired) electrons. The molecule has 0 aromatic carbocycles. The Labute approximate surface area is 103 Å². The third kappa shape index (κ3) is 3.20. The molecule has 1 atom stereocenters. The first kappa shape index (κ1) is 14.0. The van der Waals surface area contributed by atoms with E-state index < -0.39 is 5.60 Å². The number of carbonyl (C=O) groups excluding carboxylic acids is 1. The van der Waals surface area contributed by atoms with Gasteiger partial charge in [-0.2, -0.15) is 0 Å². The molecule has 1 unspecified atom stereocenters. The first-order valence-electron chi connectivity index (χ1n) is 6.33. The lowest BCUT2D eigenvalue weighted by molar-refractivity contribution is -0.171. The van der Waals surface area contributed by atoms with E-state index in [-0.39, 0.29) is 5.97 Å². The number of oxime groups is 1. The lowest BCUT2D eigenvalue weighted by Crippen LogP contribution is -2.42. The van der Waals surface area contributed by atoms with Crippen LogP contribution in [0.5, 0.6) is 0 Å². The molecule has 0 bridgehead atoms. The van der Waals surface area contributed by atoms with Crippen LogP contribution in [-0.4, -0.2) is 23.9 Å². The van der Waals surface area contributed by atoms with Gasteiger partial charge < -0.3 is 9.57 Å². The minimum Gasteiger partial charge on any atom is -0.463 e. The minimum atomic E-state index is -0.885. The molecule has 1 aliphatic heterocycles. The molecule has 4 heteroatoms. The lowest BCUT2D eigenvalue weighted by atomic mass is 9.86. The van der Waals surface area contributed by atoms with Crippen molar-refractivity contribution in [2.75, 3.05) is 6.61 Å². The Morgan fingerprint density at radius 2 is 2.12 bits per heavy atom. The summed E-state index contributed by atoms with van der Waals surface area (Å²) in [7, 11) is 0. The van der Waals surface area contributed by atoms with Gasteiger partial charge >= 0.3 is 5.97 Å². The minimum absolute atomic E-state index is 0.284. The fourth-order valence-electron chi connectivity index (χ4n) is 2.04. The summed E-state index contributed by atoms with van der Waals surface area (Å²) in [5.74, 6) is 0.382. The highest BCUT2D eigenvalue weighted by atomic mass is 16.7. The third-order valence-corrected chi connectivity index (χ3v) is 2.86. The first-order valence-corrected chi connectivity index (χ1v) is 6.33. The molecule has 1 heterocycles. The van der Waals surface area contributed by atoms with Crippen LogP contribution < -0.4 is 0 Å². The largest absolute Gasteiger partial charge is 0.463 e. The number of hydrogen-bond acceptors (Lipinski definition) is 4. The van der Waals surface area contributed by atoms with E-state index in [1.54, 1.807) is 6.92 Å². The zero-order chi connectivity index (χ0) is 13.1. The molecule has 98 valence electrons. The molecule has 0 saturated carbocycles. The second-order valence-corrected chi connectivity index (χ2v) is 5.32. The summed E-state index contributed by atoms with van der Waals surface area (Å²) in [4.78, 5) is 17.5. The van der Waals surface area contributed by atoms with Gasteiger partial charge in [0.1, 0.15) is 0 Å². The van der Waals surface area contributed by atoms with E-state index in [9.17, 15) is 4.79 Å². The van der Waals surface area contributed by atoms with Gasteiger partial charge in [0.15, 0.2) is 0 Å². The molecule has 0 aliphatic carbocycles. The standard InChI is InChI=1S/C13H23NO3/c1-6-16-12(15)13(7-9(2)3)8-11(10(4)5)14-17-13/h9-10H,6-8H2,1-5H3. The highest BCUT2D eigenvalue weighted by Gasteiger charge is 2.48. The SMILES string of the molecule is CCOC(=O)C1(CC(C)C)CC(C(C)C)=NO1. The van der Waals surface area contributed by atoms with Crippen molar-refractivity contribution < 1.29 is 14.4 Å². The third-order valence-electron chi connectivity index (χ3n) is 2.86. The number of hydrogen-bond donors (Lipinski definition) is 0. The van der Waals surface area contributed by atoms with Gasteiger partial charge in [-0.25, -0.2) is 4.79 Å². The number of esters is 1. The summed E-state index contributed by atoms with van der Waals surface area (Å²) in [6.07, 6.45) is 1.20. The maximum Gasteiger partial charge on any atom is 0.353 e. The fourth-order valence-corrected chi connectivity index (χ4v) is 2.04. The Morgan fingerprint density at radius 1 is 1.47 bits per heavy atom. The summed E-state index contributed by atoms with van der Waals surface area (Å²) in [5.41, 5.74) is 0.0581. The van der Waals surface area contributed by atoms with Crippen molar-refractivity contribution in [3.8, 4) is 0 Å². The normalized spacial score (nSPS) is 23.8. The maximum absolute atomic E-state index is 12.1. The molecule has 0 saturated heterocycles. The first-order chi connectivity index (χ1) is 7.91. The van der Waals surface area contributed by atoms with Gasteiger partial charge in [0.2, 0.25) is 5.60 Å². The zero-order valence-electron chi connectivity index (χ0n) is 11.4. The molecule has 1 rings (SSSR count). The zero-order valence-corrected chi connectivity index (χ0v) is 11.4. The Hall–Kier alpha value is -1.06. The number of ether oxygens (including phenoxy) is 1. The Kier molecular flexibility index (Phi) is 4.54. The summed E-state index contributed by atoms with van der Waals surface area (Å²) in [5, 5.41) is 4.06. The van der Waals surface area contributed by atoms with Crippen molar-refractivity contribution in [2.45, 2.75) is 53.1 Å². The molecular weight excluding hydrogens is 218 g/mol. The van der Waals surface area contributed by atoms with Gasteiger partial charge in [0.25, 0.3) is 0 Å². The van der Waals surface area contributed by atoms with Crippen LogP contribution in [0.3, 0.4) is 0 Å². The maximum atomic E-state index is 12.1. The van der Waals surface area contributed by atoms with Crippen LogP contribution in [0.1, 0.15) is 47.5 Å². The van der Waals surface area contributed by atoms with E-state index in [1.165, 1.54) is 0 Å². The van der Waals surface area contributed by atoms with Crippen LogP contribution in [0.25, 0.3) is 0 Å². The van der Waals surface area contributed by atoms with Crippen LogP contribution in [-0.2, 0) is 14.4 Å². The van der Waals surface area contributed by atoms with Crippen LogP contribution in [0.4, 0.5) is 0 Å². The molecule has 0 amide bonds. The Bertz CT molecular complexity index is 310. The summed E-state index contributed by atoms with van der Waals surface area (Å²) in [6, 6.07) is 0. The molecule has 0 aromatic rings. The topological polar surface area (TPSA) is 47.9 Å². The smallest absolute Gasteiger partial charge is 0.353 e. The van der Waals surface area contributed by atoms with Gasteiger partial charge in [-0.15, -0.1) is 0 Å². The van der Waals surface area contributed by atoms with E-state index >= 15 is 0 Å². The Balaban J connectivity index is 2.81. The van der Waals surface area contributed by atoms with Crippen molar-refractivity contribution in [2.24, 2.45) is 17.0 Å². The van der Waals surface area contributed by atoms with E-state index in [0.717, 1.165) is 5.71 Å². The lowest BCUT2D eigenvalue weighted by Gasteiger charge is -2.26. The predicted molar refractivity (Wildman–Crippen MR) is 66.8 cm³/mol. The summed E-state index contributed by atoms with van der Waals surface area (Å²) in [6.45, 7) is 10.4. The van der Waals surface area contributed by atoms with Crippen LogP contribution in [0, 0.1) is 11.8 Å². The van der Waals surface area contributed by atoms with Crippen molar-refractivity contribution in [1.29, 1.82) is 0 Å². The highest BCUT2D eigenvalue weighted by Crippen LogP contribution is 2.34. The van der Waals surface area contributed by atoms with Gasteiger partial charge in [0, 0.05) is 12.8 Å². The van der Waals surface area contributed by atoms with Crippen LogP contribution >= 0.6 is 0 Å². The van der Waals surface area contributed by atoms with E-state index in [1.807, 2.05) is 0 Å². The van der Waals surface area contributed by atoms with Gasteiger partial charge in [0.05, 0.1) is 12.3 Å². The van der Waals surface area contributed by atoms with E-state index in [4.69, 9.17) is 9.57 Å². The second kappa shape index (κ2) is 5.52. The molecule has 0 fully saturated rings.